The van der Waals surface area contributed by atoms with Crippen LogP contribution in [0.3, 0.4) is 0 Å². The number of hydrogen-bond donors (Lipinski definition) is 0. The summed E-state index contributed by atoms with van der Waals surface area (Å²) in [6.45, 7) is 6.49. The van der Waals surface area contributed by atoms with E-state index in [0.29, 0.717) is 19.3 Å². The van der Waals surface area contributed by atoms with Gasteiger partial charge in [0.15, 0.2) is 6.10 Å². The van der Waals surface area contributed by atoms with Crippen LogP contribution < -0.4 is 0 Å². The van der Waals surface area contributed by atoms with Crippen molar-refractivity contribution in [2.24, 2.45) is 0 Å². The lowest BCUT2D eigenvalue weighted by Gasteiger charge is -2.18. The van der Waals surface area contributed by atoms with Crippen molar-refractivity contribution < 1.29 is 28.6 Å². The molecule has 1 unspecified atom stereocenters. The summed E-state index contributed by atoms with van der Waals surface area (Å²) in [5, 5.41) is 0. The Balaban J connectivity index is 4.20. The molecule has 0 radical (unpaired) electrons. The predicted octanol–water partition coefficient (Wildman–Crippen LogP) is 22.0. The van der Waals surface area contributed by atoms with E-state index in [9.17, 15) is 14.4 Å². The van der Waals surface area contributed by atoms with Crippen LogP contribution >= 0.6 is 0 Å². The van der Waals surface area contributed by atoms with E-state index < -0.39 is 6.10 Å². The molecular formula is C70H120O6. The van der Waals surface area contributed by atoms with Gasteiger partial charge in [-0.15, -0.1) is 0 Å². The van der Waals surface area contributed by atoms with Crippen molar-refractivity contribution in [2.45, 2.75) is 316 Å². The molecule has 0 N–H and O–H groups in total. The highest BCUT2D eigenvalue weighted by molar-refractivity contribution is 5.71. The normalized spacial score (nSPS) is 12.7. The van der Waals surface area contributed by atoms with Crippen molar-refractivity contribution >= 4 is 17.9 Å². The summed E-state index contributed by atoms with van der Waals surface area (Å²) >= 11 is 0. The van der Waals surface area contributed by atoms with E-state index >= 15 is 0 Å². The van der Waals surface area contributed by atoms with Gasteiger partial charge in [0.05, 0.1) is 0 Å². The second kappa shape index (κ2) is 63.9. The third-order valence-corrected chi connectivity index (χ3v) is 13.9. The van der Waals surface area contributed by atoms with Gasteiger partial charge in [0, 0.05) is 19.3 Å². The average Bonchev–Trinajstić information content (AvgIpc) is 3.42. The fourth-order valence-corrected chi connectivity index (χ4v) is 9.05. The molecule has 436 valence electrons. The van der Waals surface area contributed by atoms with Gasteiger partial charge in [-0.1, -0.05) is 304 Å². The lowest BCUT2D eigenvalue weighted by molar-refractivity contribution is -0.167. The molecule has 0 saturated carbocycles. The number of allylic oxidation sites excluding steroid dienone is 16. The lowest BCUT2D eigenvalue weighted by Crippen LogP contribution is -2.30. The molecule has 6 heteroatoms. The van der Waals surface area contributed by atoms with Gasteiger partial charge < -0.3 is 14.2 Å². The summed E-state index contributed by atoms with van der Waals surface area (Å²) in [7, 11) is 0. The van der Waals surface area contributed by atoms with Crippen molar-refractivity contribution in [3.63, 3.8) is 0 Å². The molecule has 0 aromatic carbocycles. The second-order valence-electron chi connectivity index (χ2n) is 21.3. The van der Waals surface area contributed by atoms with E-state index in [0.717, 1.165) is 122 Å². The van der Waals surface area contributed by atoms with E-state index in [1.807, 2.05) is 0 Å². The second-order valence-corrected chi connectivity index (χ2v) is 21.3. The highest BCUT2D eigenvalue weighted by Crippen LogP contribution is 2.17. The molecule has 0 rings (SSSR count). The van der Waals surface area contributed by atoms with Crippen LogP contribution in [-0.2, 0) is 28.6 Å². The van der Waals surface area contributed by atoms with Crippen molar-refractivity contribution in [1.29, 1.82) is 0 Å². The zero-order chi connectivity index (χ0) is 55.0. The van der Waals surface area contributed by atoms with Crippen LogP contribution in [0.25, 0.3) is 0 Å². The minimum Gasteiger partial charge on any atom is -0.462 e. The summed E-state index contributed by atoms with van der Waals surface area (Å²) in [4.78, 5) is 38.1. The van der Waals surface area contributed by atoms with E-state index in [2.05, 4.69) is 118 Å². The summed E-state index contributed by atoms with van der Waals surface area (Å²) in [6, 6.07) is 0. The molecule has 0 fully saturated rings. The van der Waals surface area contributed by atoms with Crippen LogP contribution in [-0.4, -0.2) is 37.2 Å². The van der Waals surface area contributed by atoms with Crippen LogP contribution in [0.5, 0.6) is 0 Å². The minimum atomic E-state index is -0.785. The van der Waals surface area contributed by atoms with Gasteiger partial charge in [0.25, 0.3) is 0 Å². The third-order valence-electron chi connectivity index (χ3n) is 13.9. The van der Waals surface area contributed by atoms with Crippen LogP contribution in [0.2, 0.25) is 0 Å². The van der Waals surface area contributed by atoms with Crippen molar-refractivity contribution in [2.75, 3.05) is 13.2 Å². The van der Waals surface area contributed by atoms with E-state index in [4.69, 9.17) is 14.2 Å². The SMILES string of the molecule is CC/C=C\C/C=C\C/C=C\C/C=C\C/C=C\C/C=C\C/C=C\C/C=C\CCCCCCC(=O)OCC(COC(=O)CCCCCCCCC)OC(=O)CCCCCCCCCCCCCCCCCCCCCCCC. The maximum absolute atomic E-state index is 12.9. The van der Waals surface area contributed by atoms with Gasteiger partial charge >= 0.3 is 17.9 Å². The molecule has 0 aliphatic carbocycles. The lowest BCUT2D eigenvalue weighted by atomic mass is 10.0. The summed E-state index contributed by atoms with van der Waals surface area (Å²) in [6.07, 6.45) is 85.8. The first-order valence-electron chi connectivity index (χ1n) is 32.2. The standard InChI is InChI=1S/C70H120O6/c1-4-7-10-13-16-18-20-22-24-26-28-30-32-33-34-35-36-37-38-40-41-43-45-47-49-51-54-57-60-63-69(72)75-66-67(65-74-68(71)62-59-56-53-15-12-9-6-3)76-70(73)64-61-58-55-52-50-48-46-44-42-39-31-29-27-25-23-21-19-17-14-11-8-5-2/h7,10,16,18,22,24,28,30,33-34,36-37,40-41,45,47,67H,4-6,8-9,11-15,17,19-21,23,25-27,29,31-32,35,38-39,42-44,46,48-66H2,1-3H3/b10-7-,18-16-,24-22-,30-28-,34-33-,37-36-,41-40-,47-45-. The Morgan fingerprint density at radius 1 is 0.276 bits per heavy atom. The zero-order valence-corrected chi connectivity index (χ0v) is 50.0. The fourth-order valence-electron chi connectivity index (χ4n) is 9.05. The summed E-state index contributed by atoms with van der Waals surface area (Å²) in [5.41, 5.74) is 0. The number of carbonyl (C=O) groups excluding carboxylic acids is 3. The maximum atomic E-state index is 12.9. The zero-order valence-electron chi connectivity index (χ0n) is 50.0. The maximum Gasteiger partial charge on any atom is 0.306 e. The van der Waals surface area contributed by atoms with Gasteiger partial charge in [-0.25, -0.2) is 0 Å². The van der Waals surface area contributed by atoms with Gasteiger partial charge in [0.2, 0.25) is 0 Å². The van der Waals surface area contributed by atoms with E-state index in [-0.39, 0.29) is 31.1 Å². The van der Waals surface area contributed by atoms with E-state index in [1.54, 1.807) is 0 Å². The monoisotopic (exact) mass is 1060 g/mol. The largest absolute Gasteiger partial charge is 0.462 e. The van der Waals surface area contributed by atoms with Crippen LogP contribution in [0.1, 0.15) is 310 Å². The Morgan fingerprint density at radius 2 is 0.513 bits per heavy atom. The van der Waals surface area contributed by atoms with Gasteiger partial charge in [-0.05, 0) is 83.5 Å². The highest BCUT2D eigenvalue weighted by atomic mass is 16.6. The molecule has 6 nitrogen and oxygen atoms in total. The fraction of sp³-hybridized carbons (Fsp3) is 0.729. The molecule has 0 aromatic rings. The van der Waals surface area contributed by atoms with Crippen LogP contribution in [0.15, 0.2) is 97.2 Å². The molecule has 0 saturated heterocycles. The molecule has 0 amide bonds. The molecule has 1 atom stereocenters. The molecule has 0 aliphatic heterocycles. The predicted molar refractivity (Wildman–Crippen MR) is 330 cm³/mol. The van der Waals surface area contributed by atoms with Gasteiger partial charge in [-0.2, -0.15) is 0 Å². The molecule has 0 spiro atoms. The first-order valence-corrected chi connectivity index (χ1v) is 32.2. The third kappa shape index (κ3) is 61.2. The number of esters is 3. The van der Waals surface area contributed by atoms with Crippen LogP contribution in [0.4, 0.5) is 0 Å². The van der Waals surface area contributed by atoms with Crippen LogP contribution in [0, 0.1) is 0 Å². The minimum absolute atomic E-state index is 0.0828. The number of carbonyl (C=O) groups is 3. The van der Waals surface area contributed by atoms with Crippen molar-refractivity contribution in [1.82, 2.24) is 0 Å². The smallest absolute Gasteiger partial charge is 0.306 e. The number of ether oxygens (including phenoxy) is 3. The Morgan fingerprint density at radius 3 is 0.803 bits per heavy atom. The van der Waals surface area contributed by atoms with Gasteiger partial charge in [0.1, 0.15) is 13.2 Å². The molecule has 0 heterocycles. The Kier molecular flexibility index (Phi) is 60.8. The van der Waals surface area contributed by atoms with Gasteiger partial charge in [-0.3, -0.25) is 14.4 Å². The van der Waals surface area contributed by atoms with Crippen molar-refractivity contribution in [3.8, 4) is 0 Å². The summed E-state index contributed by atoms with van der Waals surface area (Å²) < 4.78 is 16.8. The quantitative estimate of drug-likeness (QED) is 0.0261. The molecular weight excluding hydrogens is 937 g/mol. The molecule has 76 heavy (non-hydrogen) atoms. The molecule has 0 aromatic heterocycles. The summed E-state index contributed by atoms with van der Waals surface area (Å²) in [5.74, 6) is -0.905. The Bertz CT molecular complexity index is 1490. The number of unbranched alkanes of at least 4 members (excludes halogenated alkanes) is 31. The first-order chi connectivity index (χ1) is 37.5. The Labute approximate surface area is 470 Å². The topological polar surface area (TPSA) is 78.9 Å². The number of rotatable bonds is 58. The first kappa shape index (κ1) is 72.3. The molecule has 0 aliphatic rings. The highest BCUT2D eigenvalue weighted by Gasteiger charge is 2.19. The average molecular weight is 1060 g/mol. The number of hydrogen-bond acceptors (Lipinski definition) is 6. The van der Waals surface area contributed by atoms with Crippen molar-refractivity contribution in [3.05, 3.63) is 97.2 Å². The Hall–Kier alpha value is -3.67. The molecule has 0 bridgehead atoms. The van der Waals surface area contributed by atoms with E-state index in [1.165, 1.54) is 148 Å².